The van der Waals surface area contributed by atoms with Gasteiger partial charge in [0, 0.05) is 4.90 Å². The van der Waals surface area contributed by atoms with E-state index in [9.17, 15) is 4.39 Å². The number of thiol groups is 1. The molecule has 0 aliphatic rings. The third-order valence-electron chi connectivity index (χ3n) is 1.51. The quantitative estimate of drug-likeness (QED) is 0.261. The molecule has 0 aromatic heterocycles. The molecular weight excluding hydrogens is 233 g/mol. The number of amidine groups is 1. The molecule has 0 bridgehead atoms. The number of hydrogen-bond donors (Lipinski definition) is 2. The Hall–Kier alpha value is -1.19. The Kier molecular flexibility index (Phi) is 4.46. The number of thioether (sulfide) groups is 1. The predicted octanol–water partition coefficient (Wildman–Crippen LogP) is 2.54. The Morgan fingerprint density at radius 1 is 1.67 bits per heavy atom. The number of halogens is 1. The minimum absolute atomic E-state index is 0.180. The van der Waals surface area contributed by atoms with Crippen molar-refractivity contribution in [3.8, 4) is 6.19 Å². The van der Waals surface area contributed by atoms with Crippen molar-refractivity contribution in [1.29, 1.82) is 5.26 Å². The Morgan fingerprint density at radius 3 is 2.93 bits per heavy atom. The van der Waals surface area contributed by atoms with Crippen LogP contribution in [-0.4, -0.2) is 11.4 Å². The highest BCUT2D eigenvalue weighted by molar-refractivity contribution is 8.13. The Balaban J connectivity index is 3.01. The number of hydrogen-bond acceptors (Lipinski definition) is 4. The van der Waals surface area contributed by atoms with Gasteiger partial charge in [0.05, 0.1) is 0 Å². The van der Waals surface area contributed by atoms with Gasteiger partial charge in [-0.25, -0.2) is 9.38 Å². The molecular formula is C9H8FN3S2. The van der Waals surface area contributed by atoms with Gasteiger partial charge in [-0.05, 0) is 24.5 Å². The van der Waals surface area contributed by atoms with E-state index in [-0.39, 0.29) is 5.69 Å². The standard InChI is InChI=1S/C9H8FN3S2/c1-15-9(12-5-11)13-8-3-2-6(14)4-7(8)10/h2-4,14H,1H3,(H,12,13). The van der Waals surface area contributed by atoms with Gasteiger partial charge in [-0.3, -0.25) is 5.32 Å². The van der Waals surface area contributed by atoms with E-state index in [4.69, 9.17) is 5.26 Å². The number of benzene rings is 1. The fourth-order valence-electron chi connectivity index (χ4n) is 0.868. The molecule has 0 fully saturated rings. The molecule has 6 heteroatoms. The first kappa shape index (κ1) is 11.9. The van der Waals surface area contributed by atoms with Crippen molar-refractivity contribution < 1.29 is 4.39 Å². The average molecular weight is 241 g/mol. The van der Waals surface area contributed by atoms with Crippen molar-refractivity contribution in [2.24, 2.45) is 4.99 Å². The van der Waals surface area contributed by atoms with Crippen molar-refractivity contribution in [3.05, 3.63) is 24.0 Å². The lowest BCUT2D eigenvalue weighted by molar-refractivity contribution is 0.626. The van der Waals surface area contributed by atoms with E-state index in [0.29, 0.717) is 10.1 Å². The van der Waals surface area contributed by atoms with E-state index >= 15 is 0 Å². The molecule has 0 radical (unpaired) electrons. The molecule has 0 amide bonds. The fraction of sp³-hybridized carbons (Fsp3) is 0.111. The smallest absolute Gasteiger partial charge is 0.183 e. The zero-order valence-electron chi connectivity index (χ0n) is 7.86. The maximum Gasteiger partial charge on any atom is 0.183 e. The molecule has 0 aliphatic heterocycles. The molecule has 0 saturated carbocycles. The fourth-order valence-corrected chi connectivity index (χ4v) is 1.39. The lowest BCUT2D eigenvalue weighted by Crippen LogP contribution is -2.12. The summed E-state index contributed by atoms with van der Waals surface area (Å²) in [7, 11) is 0. The molecule has 1 N–H and O–H groups in total. The molecule has 1 aromatic carbocycles. The summed E-state index contributed by atoms with van der Waals surface area (Å²) in [6.07, 6.45) is 3.47. The first-order chi connectivity index (χ1) is 7.17. The number of nitriles is 1. The van der Waals surface area contributed by atoms with Gasteiger partial charge in [0.1, 0.15) is 11.5 Å². The van der Waals surface area contributed by atoms with Crippen LogP contribution in [0.15, 0.2) is 28.1 Å². The maximum atomic E-state index is 13.3. The van der Waals surface area contributed by atoms with Crippen molar-refractivity contribution in [2.75, 3.05) is 6.26 Å². The third kappa shape index (κ3) is 3.46. The van der Waals surface area contributed by atoms with Crippen molar-refractivity contribution in [2.45, 2.75) is 4.90 Å². The average Bonchev–Trinajstić information content (AvgIpc) is 2.21. The zero-order chi connectivity index (χ0) is 11.3. The van der Waals surface area contributed by atoms with Crippen LogP contribution < -0.4 is 5.32 Å². The maximum absolute atomic E-state index is 13.3. The predicted molar refractivity (Wildman–Crippen MR) is 63.0 cm³/mol. The highest BCUT2D eigenvalue weighted by Gasteiger charge is 2.02. The summed E-state index contributed by atoms with van der Waals surface area (Å²) in [6, 6.07) is 4.41. The summed E-state index contributed by atoms with van der Waals surface area (Å²) >= 11 is 5.23. The molecule has 1 rings (SSSR count). The SMILES string of the molecule is CSC(=Nc1ccc(S)cc1F)NC#N. The molecule has 1 aromatic rings. The zero-order valence-corrected chi connectivity index (χ0v) is 9.57. The molecule has 78 valence electrons. The Morgan fingerprint density at radius 2 is 2.40 bits per heavy atom. The van der Waals surface area contributed by atoms with Crippen LogP contribution in [0.3, 0.4) is 0 Å². The van der Waals surface area contributed by atoms with Gasteiger partial charge in [0.25, 0.3) is 0 Å². The first-order valence-corrected chi connectivity index (χ1v) is 5.61. The molecule has 0 saturated heterocycles. The van der Waals surface area contributed by atoms with Crippen LogP contribution in [-0.2, 0) is 0 Å². The molecule has 0 unspecified atom stereocenters. The minimum atomic E-state index is -0.464. The van der Waals surface area contributed by atoms with E-state index in [1.807, 2.05) is 0 Å². The van der Waals surface area contributed by atoms with Crippen LogP contribution in [0.1, 0.15) is 0 Å². The second-order valence-corrected chi connectivity index (χ2v) is 3.80. The lowest BCUT2D eigenvalue weighted by Gasteiger charge is -2.01. The topological polar surface area (TPSA) is 48.2 Å². The van der Waals surface area contributed by atoms with Gasteiger partial charge in [-0.2, -0.15) is 5.26 Å². The number of nitrogens with one attached hydrogen (secondary N) is 1. The first-order valence-electron chi connectivity index (χ1n) is 3.93. The van der Waals surface area contributed by atoms with Crippen LogP contribution >= 0.6 is 24.4 Å². The highest BCUT2D eigenvalue weighted by atomic mass is 32.2. The highest BCUT2D eigenvalue weighted by Crippen LogP contribution is 2.21. The van der Waals surface area contributed by atoms with Gasteiger partial charge < -0.3 is 0 Å². The number of aliphatic imine (C=N–C) groups is 1. The summed E-state index contributed by atoms with van der Waals surface area (Å²) in [5, 5.41) is 11.1. The minimum Gasteiger partial charge on any atom is -0.271 e. The third-order valence-corrected chi connectivity index (χ3v) is 2.37. The molecule has 0 heterocycles. The summed E-state index contributed by atoms with van der Waals surface area (Å²) in [5.74, 6) is -0.464. The van der Waals surface area contributed by atoms with E-state index < -0.39 is 5.82 Å². The lowest BCUT2D eigenvalue weighted by atomic mass is 10.3. The summed E-state index contributed by atoms with van der Waals surface area (Å²) in [4.78, 5) is 4.48. The van der Waals surface area contributed by atoms with Gasteiger partial charge >= 0.3 is 0 Å². The van der Waals surface area contributed by atoms with Crippen LogP contribution in [0.25, 0.3) is 0 Å². The summed E-state index contributed by atoms with van der Waals surface area (Å²) < 4.78 is 13.3. The Labute approximate surface area is 96.8 Å². The van der Waals surface area contributed by atoms with E-state index in [0.717, 1.165) is 0 Å². The van der Waals surface area contributed by atoms with Gasteiger partial charge in [-0.15, -0.1) is 12.6 Å². The van der Waals surface area contributed by atoms with Gasteiger partial charge in [0.2, 0.25) is 0 Å². The second kappa shape index (κ2) is 5.63. The van der Waals surface area contributed by atoms with E-state index in [2.05, 4.69) is 22.9 Å². The molecule has 0 spiro atoms. The molecule has 0 aliphatic carbocycles. The monoisotopic (exact) mass is 241 g/mol. The molecule has 3 nitrogen and oxygen atoms in total. The van der Waals surface area contributed by atoms with Crippen LogP contribution in [0, 0.1) is 17.3 Å². The second-order valence-electron chi connectivity index (χ2n) is 2.49. The molecule has 0 atom stereocenters. The van der Waals surface area contributed by atoms with Gasteiger partial charge in [0.15, 0.2) is 11.4 Å². The van der Waals surface area contributed by atoms with Gasteiger partial charge in [-0.1, -0.05) is 11.8 Å². The van der Waals surface area contributed by atoms with E-state index in [1.165, 1.54) is 23.9 Å². The summed E-state index contributed by atoms with van der Waals surface area (Å²) in [6.45, 7) is 0. The van der Waals surface area contributed by atoms with E-state index in [1.54, 1.807) is 18.5 Å². The van der Waals surface area contributed by atoms with Crippen molar-refractivity contribution in [1.82, 2.24) is 5.32 Å². The number of nitrogens with zero attached hydrogens (tertiary/aromatic N) is 2. The van der Waals surface area contributed by atoms with Crippen LogP contribution in [0.2, 0.25) is 0 Å². The largest absolute Gasteiger partial charge is 0.271 e. The van der Waals surface area contributed by atoms with Crippen LogP contribution in [0.5, 0.6) is 0 Å². The normalized spacial score (nSPS) is 10.9. The van der Waals surface area contributed by atoms with Crippen molar-refractivity contribution >= 4 is 35.2 Å². The molecule has 15 heavy (non-hydrogen) atoms. The van der Waals surface area contributed by atoms with Crippen LogP contribution in [0.4, 0.5) is 10.1 Å². The van der Waals surface area contributed by atoms with Crippen molar-refractivity contribution in [3.63, 3.8) is 0 Å². The Bertz CT molecular complexity index is 426. The summed E-state index contributed by atoms with van der Waals surface area (Å²) in [5.41, 5.74) is 0.180. The number of rotatable bonds is 1.